The topological polar surface area (TPSA) is 59.6 Å². The number of amides is 1. The Balaban J connectivity index is 2.14. The molecule has 0 aliphatic heterocycles. The Kier molecular flexibility index (Phi) is 6.00. The Morgan fingerprint density at radius 2 is 1.74 bits per heavy atom. The SMILES string of the molecule is CNC(=O)C(NCc1ccc(OC)c(OC)c1)c1ccccc1. The van der Waals surface area contributed by atoms with Crippen LogP contribution in [0.5, 0.6) is 11.5 Å². The molecule has 5 nitrogen and oxygen atoms in total. The molecule has 0 bridgehead atoms. The Morgan fingerprint density at radius 1 is 1.04 bits per heavy atom. The highest BCUT2D eigenvalue weighted by molar-refractivity contribution is 5.82. The van der Waals surface area contributed by atoms with Crippen LogP contribution in [0.4, 0.5) is 0 Å². The number of benzene rings is 2. The molecule has 2 aromatic rings. The van der Waals surface area contributed by atoms with Crippen LogP contribution >= 0.6 is 0 Å². The first-order chi connectivity index (χ1) is 11.2. The first kappa shape index (κ1) is 16.8. The van der Waals surface area contributed by atoms with E-state index in [4.69, 9.17) is 9.47 Å². The number of likely N-dealkylation sites (N-methyl/N-ethyl adjacent to an activating group) is 1. The number of carbonyl (C=O) groups is 1. The molecule has 0 aromatic heterocycles. The lowest BCUT2D eigenvalue weighted by atomic mass is 10.1. The summed E-state index contributed by atoms with van der Waals surface area (Å²) in [4.78, 5) is 12.1. The van der Waals surface area contributed by atoms with Crippen LogP contribution in [0, 0.1) is 0 Å². The van der Waals surface area contributed by atoms with Crippen molar-refractivity contribution in [2.75, 3.05) is 21.3 Å². The normalized spacial score (nSPS) is 11.6. The molecule has 0 aliphatic rings. The third-order valence-electron chi connectivity index (χ3n) is 3.60. The highest BCUT2D eigenvalue weighted by Gasteiger charge is 2.18. The number of hydrogen-bond donors (Lipinski definition) is 2. The predicted octanol–water partition coefficient (Wildman–Crippen LogP) is 2.28. The molecule has 0 fully saturated rings. The summed E-state index contributed by atoms with van der Waals surface area (Å²) in [6, 6.07) is 14.9. The van der Waals surface area contributed by atoms with Crippen molar-refractivity contribution in [3.8, 4) is 11.5 Å². The van der Waals surface area contributed by atoms with Gasteiger partial charge in [0, 0.05) is 13.6 Å². The van der Waals surface area contributed by atoms with E-state index in [-0.39, 0.29) is 5.91 Å². The van der Waals surface area contributed by atoms with Gasteiger partial charge in [-0.05, 0) is 23.3 Å². The maximum atomic E-state index is 12.1. The summed E-state index contributed by atoms with van der Waals surface area (Å²) < 4.78 is 10.5. The van der Waals surface area contributed by atoms with E-state index in [2.05, 4.69) is 10.6 Å². The Bertz CT molecular complexity index is 644. The first-order valence-corrected chi connectivity index (χ1v) is 7.40. The van der Waals surface area contributed by atoms with Crippen molar-refractivity contribution in [1.29, 1.82) is 0 Å². The van der Waals surface area contributed by atoms with Crippen molar-refractivity contribution in [2.24, 2.45) is 0 Å². The van der Waals surface area contributed by atoms with Crippen molar-refractivity contribution in [2.45, 2.75) is 12.6 Å². The number of rotatable bonds is 7. The van der Waals surface area contributed by atoms with Crippen LogP contribution in [0.1, 0.15) is 17.2 Å². The predicted molar refractivity (Wildman–Crippen MR) is 89.6 cm³/mol. The van der Waals surface area contributed by atoms with Gasteiger partial charge < -0.3 is 14.8 Å². The van der Waals surface area contributed by atoms with Crippen molar-refractivity contribution in [1.82, 2.24) is 10.6 Å². The first-order valence-electron chi connectivity index (χ1n) is 7.40. The average Bonchev–Trinajstić information content (AvgIpc) is 2.62. The van der Waals surface area contributed by atoms with Gasteiger partial charge in [-0.1, -0.05) is 36.4 Å². The van der Waals surface area contributed by atoms with Gasteiger partial charge in [-0.25, -0.2) is 0 Å². The number of hydrogen-bond acceptors (Lipinski definition) is 4. The van der Waals surface area contributed by atoms with Crippen LogP contribution in [0.25, 0.3) is 0 Å². The molecule has 5 heteroatoms. The zero-order valence-corrected chi connectivity index (χ0v) is 13.6. The fraction of sp³-hybridized carbons (Fsp3) is 0.278. The molecule has 1 amide bonds. The summed E-state index contributed by atoms with van der Waals surface area (Å²) in [5.41, 5.74) is 1.93. The summed E-state index contributed by atoms with van der Waals surface area (Å²) in [6.07, 6.45) is 0. The van der Waals surface area contributed by atoms with Gasteiger partial charge in [-0.3, -0.25) is 10.1 Å². The van der Waals surface area contributed by atoms with E-state index < -0.39 is 6.04 Å². The number of nitrogens with one attached hydrogen (secondary N) is 2. The van der Waals surface area contributed by atoms with Gasteiger partial charge in [-0.15, -0.1) is 0 Å². The number of methoxy groups -OCH3 is 2. The average molecular weight is 314 g/mol. The summed E-state index contributed by atoms with van der Waals surface area (Å²) >= 11 is 0. The standard InChI is InChI=1S/C18H22N2O3/c1-19-18(21)17(14-7-5-4-6-8-14)20-12-13-9-10-15(22-2)16(11-13)23-3/h4-11,17,20H,12H2,1-3H3,(H,19,21). The van der Waals surface area contributed by atoms with Crippen LogP contribution < -0.4 is 20.1 Å². The van der Waals surface area contributed by atoms with Crippen molar-refractivity contribution < 1.29 is 14.3 Å². The monoisotopic (exact) mass is 314 g/mol. The van der Waals surface area contributed by atoms with E-state index in [1.165, 1.54) is 0 Å². The van der Waals surface area contributed by atoms with Gasteiger partial charge in [-0.2, -0.15) is 0 Å². The van der Waals surface area contributed by atoms with E-state index in [0.717, 1.165) is 11.1 Å². The second kappa shape index (κ2) is 8.19. The van der Waals surface area contributed by atoms with Crippen LogP contribution in [0.3, 0.4) is 0 Å². The zero-order chi connectivity index (χ0) is 16.7. The van der Waals surface area contributed by atoms with E-state index in [9.17, 15) is 4.79 Å². The van der Waals surface area contributed by atoms with Crippen LogP contribution in [-0.4, -0.2) is 27.2 Å². The second-order valence-electron chi connectivity index (χ2n) is 5.03. The molecule has 2 rings (SSSR count). The molecular weight excluding hydrogens is 292 g/mol. The third-order valence-corrected chi connectivity index (χ3v) is 3.60. The largest absolute Gasteiger partial charge is 0.493 e. The van der Waals surface area contributed by atoms with E-state index in [1.54, 1.807) is 21.3 Å². The van der Waals surface area contributed by atoms with Crippen molar-refractivity contribution in [3.63, 3.8) is 0 Å². The number of carbonyl (C=O) groups excluding carboxylic acids is 1. The highest BCUT2D eigenvalue weighted by atomic mass is 16.5. The van der Waals surface area contributed by atoms with Crippen molar-refractivity contribution >= 4 is 5.91 Å². The molecule has 0 heterocycles. The maximum absolute atomic E-state index is 12.1. The van der Waals surface area contributed by atoms with E-state index in [0.29, 0.717) is 18.0 Å². The summed E-state index contributed by atoms with van der Waals surface area (Å²) in [5, 5.41) is 5.98. The minimum absolute atomic E-state index is 0.0725. The molecule has 0 radical (unpaired) electrons. The van der Waals surface area contributed by atoms with Gasteiger partial charge in [0.1, 0.15) is 6.04 Å². The van der Waals surface area contributed by atoms with Crippen LogP contribution in [0.15, 0.2) is 48.5 Å². The van der Waals surface area contributed by atoms with E-state index in [1.807, 2.05) is 48.5 Å². The molecule has 1 unspecified atom stereocenters. The van der Waals surface area contributed by atoms with Gasteiger partial charge in [0.05, 0.1) is 14.2 Å². The lowest BCUT2D eigenvalue weighted by molar-refractivity contribution is -0.122. The van der Waals surface area contributed by atoms with Crippen molar-refractivity contribution in [3.05, 3.63) is 59.7 Å². The fourth-order valence-corrected chi connectivity index (χ4v) is 2.36. The molecule has 0 aliphatic carbocycles. The van der Waals surface area contributed by atoms with Crippen LogP contribution in [0.2, 0.25) is 0 Å². The third kappa shape index (κ3) is 4.23. The molecule has 0 saturated carbocycles. The van der Waals surface area contributed by atoms with Gasteiger partial charge in [0.25, 0.3) is 0 Å². The summed E-state index contributed by atoms with van der Waals surface area (Å²) in [7, 11) is 4.84. The maximum Gasteiger partial charge on any atom is 0.241 e. The molecular formula is C18H22N2O3. The summed E-state index contributed by atoms with van der Waals surface area (Å²) in [6.45, 7) is 0.535. The minimum Gasteiger partial charge on any atom is -0.493 e. The molecule has 0 saturated heterocycles. The van der Waals surface area contributed by atoms with Gasteiger partial charge in [0.15, 0.2) is 11.5 Å². The minimum atomic E-state index is -0.408. The Labute approximate surface area is 136 Å². The molecule has 2 aromatic carbocycles. The Hall–Kier alpha value is -2.53. The summed E-state index contributed by atoms with van der Waals surface area (Å²) in [5.74, 6) is 1.28. The fourth-order valence-electron chi connectivity index (χ4n) is 2.36. The molecule has 1 atom stereocenters. The second-order valence-corrected chi connectivity index (χ2v) is 5.03. The van der Waals surface area contributed by atoms with Crippen LogP contribution in [-0.2, 0) is 11.3 Å². The quantitative estimate of drug-likeness (QED) is 0.823. The zero-order valence-electron chi connectivity index (χ0n) is 13.6. The van der Waals surface area contributed by atoms with Gasteiger partial charge >= 0.3 is 0 Å². The molecule has 23 heavy (non-hydrogen) atoms. The number of ether oxygens (including phenoxy) is 2. The highest BCUT2D eigenvalue weighted by Crippen LogP contribution is 2.27. The molecule has 2 N–H and O–H groups in total. The van der Waals surface area contributed by atoms with E-state index >= 15 is 0 Å². The lowest BCUT2D eigenvalue weighted by Gasteiger charge is -2.18. The van der Waals surface area contributed by atoms with Gasteiger partial charge in [0.2, 0.25) is 5.91 Å². The lowest BCUT2D eigenvalue weighted by Crippen LogP contribution is -2.35. The Morgan fingerprint density at radius 3 is 2.35 bits per heavy atom. The molecule has 122 valence electrons. The molecule has 0 spiro atoms. The smallest absolute Gasteiger partial charge is 0.241 e.